The zero-order valence-corrected chi connectivity index (χ0v) is 24.5. The molecule has 0 amide bonds. The summed E-state index contributed by atoms with van der Waals surface area (Å²) in [6.45, 7) is 0.00934. The molecule has 0 saturated heterocycles. The summed E-state index contributed by atoms with van der Waals surface area (Å²) >= 11 is 0. The first-order valence-electron chi connectivity index (χ1n) is 13.6. The van der Waals surface area contributed by atoms with Crippen LogP contribution in [0.5, 0.6) is 0 Å². The number of alkyl halides is 17. The third kappa shape index (κ3) is 7.89. The molecule has 0 aliphatic rings. The molecule has 49 heavy (non-hydrogen) atoms. The first-order chi connectivity index (χ1) is 22.1. The number of halogens is 17. The van der Waals surface area contributed by atoms with E-state index < -0.39 is 66.6 Å². The van der Waals surface area contributed by atoms with Crippen LogP contribution in [0.2, 0.25) is 0 Å². The predicted molar refractivity (Wildman–Crippen MR) is 136 cm³/mol. The smallest absolute Gasteiger partial charge is 0.460 e. The van der Waals surface area contributed by atoms with E-state index in [4.69, 9.17) is 0 Å². The van der Waals surface area contributed by atoms with Gasteiger partial charge in [-0.25, -0.2) is 14.8 Å². The van der Waals surface area contributed by atoms with E-state index >= 15 is 0 Å². The van der Waals surface area contributed by atoms with E-state index in [0.29, 0.717) is 17.5 Å². The molecule has 276 valence electrons. The molecule has 0 fully saturated rings. The lowest BCUT2D eigenvalue weighted by Gasteiger charge is -2.42. The van der Waals surface area contributed by atoms with Gasteiger partial charge in [0, 0.05) is 24.0 Å². The third-order valence-corrected chi connectivity index (χ3v) is 6.80. The zero-order valence-electron chi connectivity index (χ0n) is 24.5. The Labute approximate surface area is 265 Å². The summed E-state index contributed by atoms with van der Waals surface area (Å²) in [5, 5.41) is 0. The number of carbonyl (C=O) groups is 1. The molecule has 1 aromatic heterocycles. The minimum atomic E-state index is -8.71. The molecule has 4 nitrogen and oxygen atoms in total. The highest BCUT2D eigenvalue weighted by atomic mass is 19.4. The van der Waals surface area contributed by atoms with E-state index in [-0.39, 0.29) is 5.56 Å². The van der Waals surface area contributed by atoms with Crippen LogP contribution in [0.1, 0.15) is 43.7 Å². The van der Waals surface area contributed by atoms with Crippen molar-refractivity contribution < 1.29 is 84.2 Å². The van der Waals surface area contributed by atoms with Crippen molar-refractivity contribution in [1.29, 1.82) is 0 Å². The summed E-state index contributed by atoms with van der Waals surface area (Å²) < 4.78 is 231. The highest BCUT2D eigenvalue weighted by Gasteiger charge is 2.95. The van der Waals surface area contributed by atoms with E-state index in [1.54, 1.807) is 12.4 Å². The van der Waals surface area contributed by atoms with Gasteiger partial charge >= 0.3 is 53.6 Å². The van der Waals surface area contributed by atoms with Gasteiger partial charge in [-0.3, -0.25) is 0 Å². The second kappa shape index (κ2) is 14.3. The number of hydrogen-bond acceptors (Lipinski definition) is 4. The van der Waals surface area contributed by atoms with E-state index in [0.717, 1.165) is 37.3 Å². The Morgan fingerprint density at radius 2 is 1.14 bits per heavy atom. The van der Waals surface area contributed by atoms with Crippen molar-refractivity contribution >= 4 is 12.0 Å². The minimum Gasteiger partial charge on any atom is -0.462 e. The lowest BCUT2D eigenvalue weighted by Crippen LogP contribution is -2.74. The van der Waals surface area contributed by atoms with Crippen molar-refractivity contribution in [2.45, 2.75) is 86.7 Å². The molecule has 0 spiro atoms. The van der Waals surface area contributed by atoms with Crippen LogP contribution in [0.15, 0.2) is 42.7 Å². The van der Waals surface area contributed by atoms with Gasteiger partial charge < -0.3 is 4.74 Å². The molecule has 0 aliphatic carbocycles. The number of carbonyl (C=O) groups excluding carboxylic acids is 1. The van der Waals surface area contributed by atoms with Gasteiger partial charge in [-0.15, -0.1) is 0 Å². The van der Waals surface area contributed by atoms with Gasteiger partial charge in [0.05, 0.1) is 13.0 Å². The molecular weight excluding hydrogens is 719 g/mol. The quantitative estimate of drug-likeness (QED) is 0.0744. The number of benzene rings is 1. The van der Waals surface area contributed by atoms with Gasteiger partial charge in [0.15, 0.2) is 5.82 Å². The molecular formula is C28H23F17N2O2. The number of esters is 1. The summed E-state index contributed by atoms with van der Waals surface area (Å²) in [6.07, 6.45) is -2.24. The lowest BCUT2D eigenvalue weighted by atomic mass is 9.88. The fourth-order valence-electron chi connectivity index (χ4n) is 3.80. The summed E-state index contributed by atoms with van der Waals surface area (Å²) in [6, 6.07) is 5.75. The molecule has 2 rings (SSSR count). The zero-order chi connectivity index (χ0) is 37.9. The van der Waals surface area contributed by atoms with Crippen LogP contribution in [0.4, 0.5) is 74.6 Å². The van der Waals surface area contributed by atoms with Crippen LogP contribution in [-0.2, 0) is 16.0 Å². The number of aromatic nitrogens is 2. The number of rotatable bonds is 16. The van der Waals surface area contributed by atoms with Gasteiger partial charge in [0.25, 0.3) is 0 Å². The molecule has 1 heterocycles. The molecule has 1 aromatic carbocycles. The second-order valence-electron chi connectivity index (χ2n) is 10.4. The van der Waals surface area contributed by atoms with Crippen LogP contribution in [0.3, 0.4) is 0 Å². The van der Waals surface area contributed by atoms with Crippen LogP contribution in [0, 0.1) is 0 Å². The van der Waals surface area contributed by atoms with E-state index in [1.807, 2.05) is 6.92 Å². The van der Waals surface area contributed by atoms with Crippen molar-refractivity contribution in [3.8, 4) is 11.4 Å². The van der Waals surface area contributed by atoms with Crippen LogP contribution >= 0.6 is 0 Å². The van der Waals surface area contributed by atoms with Gasteiger partial charge in [-0.05, 0) is 30.0 Å². The first-order valence-corrected chi connectivity index (χ1v) is 13.6. The van der Waals surface area contributed by atoms with Gasteiger partial charge in [-0.1, -0.05) is 44.0 Å². The Hall–Kier alpha value is -3.68. The van der Waals surface area contributed by atoms with Crippen LogP contribution in [0.25, 0.3) is 17.5 Å². The summed E-state index contributed by atoms with van der Waals surface area (Å²) in [4.78, 5) is 20.2. The number of ether oxygens (including phenoxy) is 1. The Balaban J connectivity index is 2.10. The summed E-state index contributed by atoms with van der Waals surface area (Å²) in [7, 11) is 0. The van der Waals surface area contributed by atoms with Gasteiger partial charge in [-0.2, -0.15) is 74.6 Å². The highest BCUT2D eigenvalue weighted by Crippen LogP contribution is 2.64. The lowest BCUT2D eigenvalue weighted by molar-refractivity contribution is -0.461. The SMILES string of the molecule is CCCCCc1cnc(-c2ccc(C=CC(=O)OCCC(F)(F)C(F)(F)C(F)(F)C(F)(F)C(F)(F)C(F)(F)C(F)(F)C(F)(F)F)cc2)nc1. The van der Waals surface area contributed by atoms with Crippen LogP contribution < -0.4 is 0 Å². The molecule has 21 heteroatoms. The third-order valence-electron chi connectivity index (χ3n) is 6.80. The molecule has 0 bridgehead atoms. The van der Waals surface area contributed by atoms with Crippen molar-refractivity contribution in [2.24, 2.45) is 0 Å². The maximum absolute atomic E-state index is 14.0. The Bertz CT molecular complexity index is 1440. The standard InChI is InChI=1S/C28H23F17N2O2/c1-2-3-4-5-17-14-46-20(47-15-17)18-9-6-16(7-10-18)8-11-19(48)49-13-12-21(29,30)22(31,32)23(33,34)24(35,36)25(37,38)26(39,40)27(41,42)28(43,44)45/h6-11,14-15H,2-5,12-13H2,1H3. The molecule has 0 radical (unpaired) electrons. The second-order valence-corrected chi connectivity index (χ2v) is 10.4. The Morgan fingerprint density at radius 1 is 0.673 bits per heavy atom. The van der Waals surface area contributed by atoms with E-state index in [1.165, 1.54) is 24.3 Å². The Morgan fingerprint density at radius 3 is 1.61 bits per heavy atom. The van der Waals surface area contributed by atoms with Gasteiger partial charge in [0.1, 0.15) is 0 Å². The number of hydrogen-bond donors (Lipinski definition) is 0. The number of unbranched alkanes of at least 4 members (excludes halogenated alkanes) is 2. The fourth-order valence-corrected chi connectivity index (χ4v) is 3.80. The molecule has 2 aromatic rings. The van der Waals surface area contributed by atoms with Gasteiger partial charge in [0.2, 0.25) is 0 Å². The first kappa shape index (κ1) is 41.5. The highest BCUT2D eigenvalue weighted by molar-refractivity contribution is 5.87. The number of aryl methyl sites for hydroxylation is 1. The monoisotopic (exact) mass is 742 g/mol. The van der Waals surface area contributed by atoms with Crippen molar-refractivity contribution in [3.05, 3.63) is 53.9 Å². The summed E-state index contributed by atoms with van der Waals surface area (Å²) in [5.74, 6) is -58.4. The van der Waals surface area contributed by atoms with Crippen molar-refractivity contribution in [2.75, 3.05) is 6.61 Å². The van der Waals surface area contributed by atoms with E-state index in [2.05, 4.69) is 14.7 Å². The Kier molecular flexibility index (Phi) is 12.1. The number of nitrogens with zero attached hydrogens (tertiary/aromatic N) is 2. The predicted octanol–water partition coefficient (Wildman–Crippen LogP) is 9.83. The van der Waals surface area contributed by atoms with Crippen molar-refractivity contribution in [3.63, 3.8) is 0 Å². The minimum absolute atomic E-state index is 0.226. The van der Waals surface area contributed by atoms with Crippen LogP contribution in [-0.4, -0.2) is 70.2 Å². The normalized spacial score (nSPS) is 14.4. The van der Waals surface area contributed by atoms with Crippen molar-refractivity contribution in [1.82, 2.24) is 9.97 Å². The average molecular weight is 742 g/mol. The topological polar surface area (TPSA) is 52.1 Å². The summed E-state index contributed by atoms with van der Waals surface area (Å²) in [5.41, 5.74) is 1.65. The van der Waals surface area contributed by atoms with E-state index in [9.17, 15) is 79.4 Å². The molecule has 0 saturated carbocycles. The largest absolute Gasteiger partial charge is 0.462 e. The molecule has 0 atom stereocenters. The molecule has 0 aliphatic heterocycles. The molecule has 0 N–H and O–H groups in total. The average Bonchev–Trinajstić information content (AvgIpc) is 2.99. The maximum Gasteiger partial charge on any atom is 0.460 e. The fraction of sp³-hybridized carbons (Fsp3) is 0.536. The maximum atomic E-state index is 14.0. The molecule has 0 unspecified atom stereocenters.